The fourth-order valence-corrected chi connectivity index (χ4v) is 3.33. The summed E-state index contributed by atoms with van der Waals surface area (Å²) in [6, 6.07) is 16.2. The Morgan fingerprint density at radius 2 is 1.79 bits per heavy atom. The highest BCUT2D eigenvalue weighted by Gasteiger charge is 2.24. The molecule has 3 rings (SSSR count). The van der Waals surface area contributed by atoms with E-state index in [4.69, 9.17) is 5.73 Å². The molecule has 0 spiro atoms. The summed E-state index contributed by atoms with van der Waals surface area (Å²) in [5, 5.41) is 0. The van der Waals surface area contributed by atoms with Crippen LogP contribution in [0.25, 0.3) is 0 Å². The first kappa shape index (κ1) is 18.3. The molecule has 0 bridgehead atoms. The maximum atomic E-state index is 12.7. The molecule has 2 N–H and O–H groups in total. The monoisotopic (exact) mass is 344 g/mol. The predicted molar refractivity (Wildman–Crippen MR) is 102 cm³/mol. The molecule has 0 aliphatic carbocycles. The number of amides is 1. The first-order valence-corrected chi connectivity index (χ1v) is 8.33. The third-order valence-electron chi connectivity index (χ3n) is 4.76. The van der Waals surface area contributed by atoms with Gasteiger partial charge in [0.05, 0.1) is 0 Å². The number of nitrogens with zero attached hydrogens (tertiary/aromatic N) is 1. The minimum atomic E-state index is 0. The van der Waals surface area contributed by atoms with Crippen molar-refractivity contribution in [1.29, 1.82) is 0 Å². The lowest BCUT2D eigenvalue weighted by atomic mass is 9.90. The van der Waals surface area contributed by atoms with Crippen molar-refractivity contribution in [1.82, 2.24) is 4.90 Å². The maximum absolute atomic E-state index is 12.7. The topological polar surface area (TPSA) is 46.3 Å². The summed E-state index contributed by atoms with van der Waals surface area (Å²) in [5.41, 5.74) is 9.61. The Morgan fingerprint density at radius 1 is 1.12 bits per heavy atom. The highest BCUT2D eigenvalue weighted by atomic mass is 35.5. The van der Waals surface area contributed by atoms with Gasteiger partial charge in [-0.05, 0) is 55.4 Å². The van der Waals surface area contributed by atoms with Crippen molar-refractivity contribution in [2.24, 2.45) is 5.92 Å². The van der Waals surface area contributed by atoms with Crippen molar-refractivity contribution in [3.63, 3.8) is 0 Å². The molecule has 1 heterocycles. The second-order valence-corrected chi connectivity index (χ2v) is 6.50. The molecule has 128 valence electrons. The van der Waals surface area contributed by atoms with E-state index in [0.717, 1.165) is 43.5 Å². The largest absolute Gasteiger partial charge is 0.399 e. The van der Waals surface area contributed by atoms with Gasteiger partial charge in [0.25, 0.3) is 5.91 Å². The molecule has 2 aromatic carbocycles. The van der Waals surface area contributed by atoms with Crippen LogP contribution in [0.4, 0.5) is 5.69 Å². The van der Waals surface area contributed by atoms with Crippen molar-refractivity contribution >= 4 is 24.0 Å². The number of hydrogen-bond acceptors (Lipinski definition) is 2. The number of anilines is 1. The van der Waals surface area contributed by atoms with Crippen molar-refractivity contribution in [2.45, 2.75) is 26.2 Å². The Morgan fingerprint density at radius 3 is 2.46 bits per heavy atom. The summed E-state index contributed by atoms with van der Waals surface area (Å²) in [6.07, 6.45) is 3.25. The number of halogens is 1. The van der Waals surface area contributed by atoms with Gasteiger partial charge < -0.3 is 10.6 Å². The number of benzene rings is 2. The average molecular weight is 345 g/mol. The molecule has 1 aliphatic rings. The zero-order valence-corrected chi connectivity index (χ0v) is 14.9. The van der Waals surface area contributed by atoms with E-state index in [9.17, 15) is 4.79 Å². The lowest BCUT2D eigenvalue weighted by molar-refractivity contribution is 0.0690. The Kier molecular flexibility index (Phi) is 6.27. The molecule has 1 saturated heterocycles. The Bertz CT molecular complexity index is 679. The van der Waals surface area contributed by atoms with Crippen molar-refractivity contribution in [3.8, 4) is 0 Å². The number of carbonyl (C=O) groups excluding carboxylic acids is 1. The molecule has 4 heteroatoms. The van der Waals surface area contributed by atoms with Crippen LogP contribution in [0.3, 0.4) is 0 Å². The summed E-state index contributed by atoms with van der Waals surface area (Å²) >= 11 is 0. The fourth-order valence-electron chi connectivity index (χ4n) is 3.33. The summed E-state index contributed by atoms with van der Waals surface area (Å²) in [4.78, 5) is 14.7. The van der Waals surface area contributed by atoms with Gasteiger partial charge in [0, 0.05) is 24.3 Å². The summed E-state index contributed by atoms with van der Waals surface area (Å²) < 4.78 is 0. The average Bonchev–Trinajstić information content (AvgIpc) is 2.58. The molecule has 0 unspecified atom stereocenters. The van der Waals surface area contributed by atoms with Crippen LogP contribution < -0.4 is 5.73 Å². The highest BCUT2D eigenvalue weighted by molar-refractivity contribution is 5.96. The van der Waals surface area contributed by atoms with Gasteiger partial charge in [0.15, 0.2) is 0 Å². The van der Waals surface area contributed by atoms with Crippen LogP contribution in [0.15, 0.2) is 48.5 Å². The van der Waals surface area contributed by atoms with E-state index in [0.29, 0.717) is 11.6 Å². The molecule has 3 nitrogen and oxygen atoms in total. The van der Waals surface area contributed by atoms with E-state index in [1.165, 1.54) is 5.56 Å². The smallest absolute Gasteiger partial charge is 0.254 e. The first-order chi connectivity index (χ1) is 11.1. The van der Waals surface area contributed by atoms with Crippen LogP contribution in [0.5, 0.6) is 0 Å². The summed E-state index contributed by atoms with van der Waals surface area (Å²) in [6.45, 7) is 3.64. The number of nitrogens with two attached hydrogens (primary N) is 1. The minimum absolute atomic E-state index is 0. The van der Waals surface area contributed by atoms with E-state index >= 15 is 0 Å². The summed E-state index contributed by atoms with van der Waals surface area (Å²) in [5.74, 6) is 0.788. The van der Waals surface area contributed by atoms with E-state index < -0.39 is 0 Å². The van der Waals surface area contributed by atoms with E-state index in [1.54, 1.807) is 6.07 Å². The number of rotatable bonds is 3. The van der Waals surface area contributed by atoms with Crippen molar-refractivity contribution < 1.29 is 4.79 Å². The number of carbonyl (C=O) groups is 1. The first-order valence-electron chi connectivity index (χ1n) is 8.33. The van der Waals surface area contributed by atoms with Crippen LogP contribution in [0, 0.1) is 12.8 Å². The van der Waals surface area contributed by atoms with Gasteiger partial charge >= 0.3 is 0 Å². The molecular weight excluding hydrogens is 320 g/mol. The lowest BCUT2D eigenvalue weighted by Crippen LogP contribution is -2.39. The summed E-state index contributed by atoms with van der Waals surface area (Å²) in [7, 11) is 0. The van der Waals surface area contributed by atoms with Crippen molar-refractivity contribution in [3.05, 3.63) is 65.2 Å². The molecule has 0 atom stereocenters. The van der Waals surface area contributed by atoms with Crippen molar-refractivity contribution in [2.75, 3.05) is 18.8 Å². The number of likely N-dealkylation sites (tertiary alicyclic amines) is 1. The van der Waals surface area contributed by atoms with Gasteiger partial charge in [0.1, 0.15) is 0 Å². The molecule has 0 aromatic heterocycles. The van der Waals surface area contributed by atoms with Gasteiger partial charge in [0.2, 0.25) is 0 Å². The van der Waals surface area contributed by atoms with Gasteiger partial charge in [-0.1, -0.05) is 36.4 Å². The second kappa shape index (κ2) is 8.20. The molecule has 0 radical (unpaired) electrons. The van der Waals surface area contributed by atoms with E-state index in [1.807, 2.05) is 24.0 Å². The lowest BCUT2D eigenvalue weighted by Gasteiger charge is -2.32. The zero-order chi connectivity index (χ0) is 16.2. The van der Waals surface area contributed by atoms with Gasteiger partial charge in [-0.2, -0.15) is 0 Å². The van der Waals surface area contributed by atoms with E-state index in [-0.39, 0.29) is 18.3 Å². The van der Waals surface area contributed by atoms with Crippen LogP contribution in [0.2, 0.25) is 0 Å². The van der Waals surface area contributed by atoms with Crippen LogP contribution in [0.1, 0.15) is 34.3 Å². The molecule has 1 fully saturated rings. The zero-order valence-electron chi connectivity index (χ0n) is 14.1. The number of nitrogen functional groups attached to an aromatic ring is 1. The van der Waals surface area contributed by atoms with Crippen LogP contribution in [-0.2, 0) is 6.42 Å². The molecule has 0 saturated carbocycles. The Labute approximate surface area is 150 Å². The maximum Gasteiger partial charge on any atom is 0.254 e. The number of aryl methyl sites for hydroxylation is 1. The van der Waals surface area contributed by atoms with Gasteiger partial charge in [-0.3, -0.25) is 4.79 Å². The molecule has 1 aliphatic heterocycles. The molecule has 24 heavy (non-hydrogen) atoms. The second-order valence-electron chi connectivity index (χ2n) is 6.50. The SMILES string of the molecule is Cc1ccc(N)cc1C(=O)N1CCC(Cc2ccccc2)CC1.Cl. The number of hydrogen-bond donors (Lipinski definition) is 1. The predicted octanol–water partition coefficient (Wildman–Crippen LogP) is 4.09. The standard InChI is InChI=1S/C20H24N2O.ClH/c1-15-7-8-18(21)14-19(15)20(23)22-11-9-17(10-12-22)13-16-5-3-2-4-6-16;/h2-8,14,17H,9-13,21H2,1H3;1H. The highest BCUT2D eigenvalue weighted by Crippen LogP contribution is 2.24. The Balaban J connectivity index is 0.00000208. The molecule has 2 aromatic rings. The quantitative estimate of drug-likeness (QED) is 0.852. The van der Waals surface area contributed by atoms with Crippen LogP contribution in [-0.4, -0.2) is 23.9 Å². The number of piperidine rings is 1. The third-order valence-corrected chi connectivity index (χ3v) is 4.76. The minimum Gasteiger partial charge on any atom is -0.399 e. The van der Waals surface area contributed by atoms with E-state index in [2.05, 4.69) is 30.3 Å². The van der Waals surface area contributed by atoms with Gasteiger partial charge in [-0.25, -0.2) is 0 Å². The normalized spacial score (nSPS) is 15.0. The molecule has 1 amide bonds. The van der Waals surface area contributed by atoms with Gasteiger partial charge in [-0.15, -0.1) is 12.4 Å². The fraction of sp³-hybridized carbons (Fsp3) is 0.350. The molecular formula is C20H25ClN2O. The third kappa shape index (κ3) is 4.30. The van der Waals surface area contributed by atoms with Crippen LogP contribution >= 0.6 is 12.4 Å². The Hall–Kier alpha value is -2.00.